The third-order valence-electron chi connectivity index (χ3n) is 4.13. The van der Waals surface area contributed by atoms with Crippen LogP contribution in [0.25, 0.3) is 0 Å². The van der Waals surface area contributed by atoms with E-state index in [4.69, 9.17) is 0 Å². The molecule has 0 aliphatic carbocycles. The van der Waals surface area contributed by atoms with Crippen molar-refractivity contribution in [2.24, 2.45) is 0 Å². The molecule has 0 bridgehead atoms. The van der Waals surface area contributed by atoms with Crippen LogP contribution in [0.5, 0.6) is 0 Å². The van der Waals surface area contributed by atoms with Gasteiger partial charge in [0, 0.05) is 17.9 Å². The second-order valence-electron chi connectivity index (χ2n) is 6.15. The molecule has 0 aliphatic heterocycles. The standard InChI is InChI=1S/C23H24N2/c1-19(18-24-21-13-7-3-8-14-21)17-23(20-11-5-2-6-12-20)25-22-15-9-4-10-16-22/h2-16,23-25H,1,17-18H2. The molecule has 2 N–H and O–H groups in total. The molecule has 0 radical (unpaired) electrons. The first-order valence-electron chi connectivity index (χ1n) is 8.63. The molecule has 3 aromatic carbocycles. The van der Waals surface area contributed by atoms with Crippen molar-refractivity contribution >= 4 is 11.4 Å². The zero-order chi connectivity index (χ0) is 17.3. The van der Waals surface area contributed by atoms with Crippen LogP contribution in [0.3, 0.4) is 0 Å². The zero-order valence-electron chi connectivity index (χ0n) is 14.4. The van der Waals surface area contributed by atoms with Crippen LogP contribution >= 0.6 is 0 Å². The summed E-state index contributed by atoms with van der Waals surface area (Å²) in [6, 6.07) is 31.3. The summed E-state index contributed by atoms with van der Waals surface area (Å²) in [7, 11) is 0. The number of benzene rings is 3. The van der Waals surface area contributed by atoms with Crippen molar-refractivity contribution in [1.29, 1.82) is 0 Å². The van der Waals surface area contributed by atoms with Gasteiger partial charge < -0.3 is 10.6 Å². The lowest BCUT2D eigenvalue weighted by Crippen LogP contribution is -2.14. The van der Waals surface area contributed by atoms with Crippen molar-refractivity contribution < 1.29 is 0 Å². The van der Waals surface area contributed by atoms with Gasteiger partial charge in [-0.1, -0.05) is 78.9 Å². The Hall–Kier alpha value is -3.00. The lowest BCUT2D eigenvalue weighted by Gasteiger charge is -2.22. The quantitative estimate of drug-likeness (QED) is 0.503. The van der Waals surface area contributed by atoms with Crippen LogP contribution < -0.4 is 10.6 Å². The van der Waals surface area contributed by atoms with Gasteiger partial charge in [-0.05, 0) is 36.2 Å². The second-order valence-corrected chi connectivity index (χ2v) is 6.15. The van der Waals surface area contributed by atoms with E-state index in [9.17, 15) is 0 Å². The molecule has 0 fully saturated rings. The normalized spacial score (nSPS) is 11.5. The van der Waals surface area contributed by atoms with E-state index in [0.717, 1.165) is 24.3 Å². The number of hydrogen-bond donors (Lipinski definition) is 2. The second kappa shape index (κ2) is 8.74. The molecule has 3 rings (SSSR count). The van der Waals surface area contributed by atoms with E-state index in [1.165, 1.54) is 11.1 Å². The van der Waals surface area contributed by atoms with Gasteiger partial charge in [-0.25, -0.2) is 0 Å². The van der Waals surface area contributed by atoms with E-state index < -0.39 is 0 Å². The topological polar surface area (TPSA) is 24.1 Å². The summed E-state index contributed by atoms with van der Waals surface area (Å²) in [5, 5.41) is 7.07. The van der Waals surface area contributed by atoms with E-state index in [1.807, 2.05) is 24.3 Å². The van der Waals surface area contributed by atoms with E-state index in [1.54, 1.807) is 0 Å². The van der Waals surface area contributed by atoms with Crippen molar-refractivity contribution in [3.05, 3.63) is 109 Å². The molecule has 1 atom stereocenters. The number of rotatable bonds is 8. The Morgan fingerprint density at radius 1 is 0.720 bits per heavy atom. The summed E-state index contributed by atoms with van der Waals surface area (Å²) in [6.45, 7) is 5.04. The molecule has 25 heavy (non-hydrogen) atoms. The summed E-state index contributed by atoms with van der Waals surface area (Å²) in [5.74, 6) is 0. The Morgan fingerprint density at radius 3 is 1.84 bits per heavy atom. The number of anilines is 2. The van der Waals surface area contributed by atoms with Crippen molar-refractivity contribution in [1.82, 2.24) is 0 Å². The minimum atomic E-state index is 0.202. The molecule has 0 amide bonds. The first-order chi connectivity index (χ1) is 12.3. The fraction of sp³-hybridized carbons (Fsp3) is 0.130. The summed E-state index contributed by atoms with van der Waals surface area (Å²) in [6.07, 6.45) is 0.874. The summed E-state index contributed by atoms with van der Waals surface area (Å²) < 4.78 is 0. The highest BCUT2D eigenvalue weighted by Gasteiger charge is 2.12. The van der Waals surface area contributed by atoms with Crippen LogP contribution in [-0.2, 0) is 0 Å². The van der Waals surface area contributed by atoms with Crippen LogP contribution in [0, 0.1) is 0 Å². The molecule has 0 aromatic heterocycles. The van der Waals surface area contributed by atoms with Gasteiger partial charge in [-0.3, -0.25) is 0 Å². The number of hydrogen-bond acceptors (Lipinski definition) is 2. The van der Waals surface area contributed by atoms with E-state index in [0.29, 0.717) is 0 Å². The number of nitrogens with one attached hydrogen (secondary N) is 2. The zero-order valence-corrected chi connectivity index (χ0v) is 14.4. The highest BCUT2D eigenvalue weighted by atomic mass is 14.9. The Morgan fingerprint density at radius 2 is 1.24 bits per heavy atom. The third-order valence-corrected chi connectivity index (χ3v) is 4.13. The Labute approximate surface area is 150 Å². The van der Waals surface area contributed by atoms with Crippen LogP contribution in [0.4, 0.5) is 11.4 Å². The van der Waals surface area contributed by atoms with Gasteiger partial charge in [0.1, 0.15) is 0 Å². The maximum absolute atomic E-state index is 4.27. The third kappa shape index (κ3) is 5.25. The molecule has 2 heteroatoms. The summed E-state index contributed by atoms with van der Waals surface area (Å²) in [5.41, 5.74) is 4.68. The van der Waals surface area contributed by atoms with E-state index in [2.05, 4.69) is 83.9 Å². The fourth-order valence-electron chi connectivity index (χ4n) is 2.82. The van der Waals surface area contributed by atoms with Crippen LogP contribution in [0.15, 0.2) is 103 Å². The van der Waals surface area contributed by atoms with Crippen LogP contribution in [0.1, 0.15) is 18.0 Å². The predicted molar refractivity (Wildman–Crippen MR) is 108 cm³/mol. The van der Waals surface area contributed by atoms with Crippen molar-refractivity contribution in [2.45, 2.75) is 12.5 Å². The largest absolute Gasteiger partial charge is 0.381 e. The summed E-state index contributed by atoms with van der Waals surface area (Å²) >= 11 is 0. The van der Waals surface area contributed by atoms with Crippen molar-refractivity contribution in [3.8, 4) is 0 Å². The lowest BCUT2D eigenvalue weighted by atomic mass is 9.99. The van der Waals surface area contributed by atoms with Crippen LogP contribution in [0.2, 0.25) is 0 Å². The fourth-order valence-corrected chi connectivity index (χ4v) is 2.82. The first kappa shape index (κ1) is 16.8. The average molecular weight is 328 g/mol. The van der Waals surface area contributed by atoms with Gasteiger partial charge in [0.15, 0.2) is 0 Å². The van der Waals surface area contributed by atoms with E-state index >= 15 is 0 Å². The molecule has 0 heterocycles. The molecule has 0 saturated heterocycles. The van der Waals surface area contributed by atoms with Gasteiger partial charge >= 0.3 is 0 Å². The van der Waals surface area contributed by atoms with Gasteiger partial charge in [-0.2, -0.15) is 0 Å². The van der Waals surface area contributed by atoms with Gasteiger partial charge in [0.25, 0.3) is 0 Å². The molecule has 0 saturated carbocycles. The predicted octanol–water partition coefficient (Wildman–Crippen LogP) is 5.90. The molecule has 3 aromatic rings. The average Bonchev–Trinajstić information content (AvgIpc) is 2.68. The summed E-state index contributed by atoms with van der Waals surface area (Å²) in [4.78, 5) is 0. The maximum Gasteiger partial charge on any atom is 0.0551 e. The molecular weight excluding hydrogens is 304 g/mol. The van der Waals surface area contributed by atoms with Gasteiger partial charge in [0.2, 0.25) is 0 Å². The number of para-hydroxylation sites is 2. The van der Waals surface area contributed by atoms with Crippen molar-refractivity contribution in [3.63, 3.8) is 0 Å². The van der Waals surface area contributed by atoms with E-state index in [-0.39, 0.29) is 6.04 Å². The molecular formula is C23H24N2. The van der Waals surface area contributed by atoms with Crippen LogP contribution in [-0.4, -0.2) is 6.54 Å². The Bertz CT molecular complexity index is 767. The molecule has 0 aliphatic rings. The molecule has 1 unspecified atom stereocenters. The maximum atomic E-state index is 4.27. The minimum absolute atomic E-state index is 0.202. The highest BCUT2D eigenvalue weighted by molar-refractivity contribution is 5.46. The Balaban J connectivity index is 1.66. The van der Waals surface area contributed by atoms with Crippen molar-refractivity contribution in [2.75, 3.05) is 17.2 Å². The minimum Gasteiger partial charge on any atom is -0.381 e. The van der Waals surface area contributed by atoms with Gasteiger partial charge in [-0.15, -0.1) is 0 Å². The molecule has 126 valence electrons. The highest BCUT2D eigenvalue weighted by Crippen LogP contribution is 2.25. The monoisotopic (exact) mass is 328 g/mol. The molecule has 2 nitrogen and oxygen atoms in total. The smallest absolute Gasteiger partial charge is 0.0551 e. The SMILES string of the molecule is C=C(CNc1ccccc1)CC(Nc1ccccc1)c1ccccc1. The first-order valence-corrected chi connectivity index (χ1v) is 8.63. The Kier molecular flexibility index (Phi) is 5.89. The van der Waals surface area contributed by atoms with Gasteiger partial charge in [0.05, 0.1) is 6.04 Å². The molecule has 0 spiro atoms. The lowest BCUT2D eigenvalue weighted by molar-refractivity contribution is 0.761.